The van der Waals surface area contributed by atoms with Crippen molar-refractivity contribution in [1.82, 2.24) is 0 Å². The van der Waals surface area contributed by atoms with E-state index in [9.17, 15) is 35.7 Å². The lowest BCUT2D eigenvalue weighted by atomic mass is 9.84. The summed E-state index contributed by atoms with van der Waals surface area (Å²) in [5.74, 6) is 0. The fraction of sp³-hybridized carbons (Fsp3) is 1.00. The molecular weight excluding hydrogens is 448 g/mol. The molecule has 2 aliphatic heterocycles. The van der Waals surface area contributed by atoms with Gasteiger partial charge in [-0.2, -0.15) is 0 Å². The van der Waals surface area contributed by atoms with Crippen molar-refractivity contribution in [2.24, 2.45) is 22.9 Å². The first kappa shape index (κ1) is 27.0. The van der Waals surface area contributed by atoms with Crippen LogP contribution in [0.5, 0.6) is 0 Å². The smallest absolute Gasteiger partial charge is 0.187 e. The van der Waals surface area contributed by atoms with E-state index in [2.05, 4.69) is 0 Å². The van der Waals surface area contributed by atoms with E-state index in [0.29, 0.717) is 0 Å². The van der Waals surface area contributed by atoms with Gasteiger partial charge in [-0.25, -0.2) is 0 Å². The Morgan fingerprint density at radius 3 is 1.70 bits per heavy atom. The summed E-state index contributed by atoms with van der Waals surface area (Å²) < 4.78 is 22.2. The van der Waals surface area contributed by atoms with Gasteiger partial charge in [-0.05, 0) is 6.42 Å². The van der Waals surface area contributed by atoms with Crippen LogP contribution in [-0.4, -0.2) is 141 Å². The van der Waals surface area contributed by atoms with Crippen molar-refractivity contribution in [2.75, 3.05) is 13.2 Å². The maximum Gasteiger partial charge on any atom is 0.187 e. The standard InChI is InChI=1S/C18H36N4O11/c19-2-6-10(25)12(27)13(28)18(30-6)33-16-5(21)1-4(20)15(14(16)29)32-17-11(26)8(22)9(24)7(3-23)31-17/h4-18,23-29H,1-3,19-22H2/t4-,5+,6-,7+,8-,9-,10-,11-,12-,13-,14+,15+,16+,17-,18-/m0/s1. The normalized spacial score (nSPS) is 53.7. The zero-order valence-corrected chi connectivity index (χ0v) is 17.9. The van der Waals surface area contributed by atoms with Gasteiger partial charge >= 0.3 is 0 Å². The third-order valence-corrected chi connectivity index (χ3v) is 6.48. The molecule has 15 atom stereocenters. The van der Waals surface area contributed by atoms with Crippen molar-refractivity contribution in [2.45, 2.75) is 98.2 Å². The van der Waals surface area contributed by atoms with Crippen molar-refractivity contribution in [3.8, 4) is 0 Å². The lowest BCUT2D eigenvalue weighted by Crippen LogP contribution is -2.68. The number of aliphatic hydroxyl groups excluding tert-OH is 7. The Morgan fingerprint density at radius 1 is 0.667 bits per heavy atom. The minimum Gasteiger partial charge on any atom is -0.394 e. The summed E-state index contributed by atoms with van der Waals surface area (Å²) in [5.41, 5.74) is 23.5. The van der Waals surface area contributed by atoms with Crippen molar-refractivity contribution < 1.29 is 54.7 Å². The van der Waals surface area contributed by atoms with Gasteiger partial charge in [0.15, 0.2) is 12.6 Å². The van der Waals surface area contributed by atoms with Crippen LogP contribution in [0.25, 0.3) is 0 Å². The molecule has 0 spiro atoms. The zero-order valence-electron chi connectivity index (χ0n) is 17.9. The molecule has 0 bridgehead atoms. The van der Waals surface area contributed by atoms with Crippen LogP contribution >= 0.6 is 0 Å². The van der Waals surface area contributed by atoms with Gasteiger partial charge in [-0.15, -0.1) is 0 Å². The summed E-state index contributed by atoms with van der Waals surface area (Å²) in [5, 5.41) is 70.9. The topological polar surface area (TPSA) is 283 Å². The van der Waals surface area contributed by atoms with Crippen LogP contribution in [0.1, 0.15) is 6.42 Å². The molecule has 33 heavy (non-hydrogen) atoms. The highest BCUT2D eigenvalue weighted by molar-refractivity contribution is 5.01. The monoisotopic (exact) mass is 484 g/mol. The fourth-order valence-corrected chi connectivity index (χ4v) is 4.40. The molecule has 3 aliphatic rings. The minimum atomic E-state index is -1.66. The summed E-state index contributed by atoms with van der Waals surface area (Å²) >= 11 is 0. The number of aliphatic hydroxyl groups is 7. The third kappa shape index (κ3) is 5.32. The maximum absolute atomic E-state index is 10.9. The Labute approximate surface area is 189 Å². The zero-order chi connectivity index (χ0) is 24.6. The predicted molar refractivity (Wildman–Crippen MR) is 108 cm³/mol. The van der Waals surface area contributed by atoms with Gasteiger partial charge in [-0.1, -0.05) is 0 Å². The minimum absolute atomic E-state index is 0.0849. The molecule has 0 amide bonds. The van der Waals surface area contributed by atoms with Crippen molar-refractivity contribution >= 4 is 0 Å². The van der Waals surface area contributed by atoms with Crippen LogP contribution in [-0.2, 0) is 18.9 Å². The van der Waals surface area contributed by atoms with E-state index in [4.69, 9.17) is 41.9 Å². The van der Waals surface area contributed by atoms with Gasteiger partial charge in [0, 0.05) is 18.6 Å². The molecule has 3 fully saturated rings. The van der Waals surface area contributed by atoms with Crippen LogP contribution in [0.2, 0.25) is 0 Å². The van der Waals surface area contributed by atoms with Crippen molar-refractivity contribution in [3.05, 3.63) is 0 Å². The van der Waals surface area contributed by atoms with Crippen LogP contribution < -0.4 is 22.9 Å². The highest BCUT2D eigenvalue weighted by atomic mass is 16.7. The second-order valence-corrected chi connectivity index (χ2v) is 8.79. The first-order valence-electron chi connectivity index (χ1n) is 10.8. The van der Waals surface area contributed by atoms with E-state index in [-0.39, 0.29) is 13.0 Å². The van der Waals surface area contributed by atoms with E-state index < -0.39 is 98.4 Å². The van der Waals surface area contributed by atoms with Crippen LogP contribution in [0, 0.1) is 0 Å². The molecule has 0 unspecified atom stereocenters. The number of hydrogen-bond acceptors (Lipinski definition) is 15. The molecule has 0 aromatic rings. The van der Waals surface area contributed by atoms with E-state index in [1.165, 1.54) is 0 Å². The average molecular weight is 485 g/mol. The lowest BCUT2D eigenvalue weighted by Gasteiger charge is -2.48. The van der Waals surface area contributed by atoms with Gasteiger partial charge in [0.2, 0.25) is 0 Å². The number of ether oxygens (including phenoxy) is 4. The maximum atomic E-state index is 10.9. The Kier molecular flexibility index (Phi) is 8.99. The van der Waals surface area contributed by atoms with Crippen LogP contribution in [0.15, 0.2) is 0 Å². The summed E-state index contributed by atoms with van der Waals surface area (Å²) in [6.45, 7) is -0.763. The molecule has 15 heteroatoms. The Hall–Kier alpha value is -0.600. The Balaban J connectivity index is 1.72. The molecule has 3 rings (SSSR count). The molecule has 15 nitrogen and oxygen atoms in total. The van der Waals surface area contributed by atoms with Crippen LogP contribution in [0.4, 0.5) is 0 Å². The van der Waals surface area contributed by atoms with E-state index in [0.717, 1.165) is 0 Å². The van der Waals surface area contributed by atoms with Gasteiger partial charge < -0.3 is 77.6 Å². The molecule has 1 saturated carbocycles. The van der Waals surface area contributed by atoms with Crippen LogP contribution in [0.3, 0.4) is 0 Å². The summed E-state index contributed by atoms with van der Waals surface area (Å²) in [6.07, 6.45) is -16.5. The first-order valence-corrected chi connectivity index (χ1v) is 10.8. The number of rotatable bonds is 6. The largest absolute Gasteiger partial charge is 0.394 e. The molecular formula is C18H36N4O11. The summed E-state index contributed by atoms with van der Waals surface area (Å²) in [6, 6.07) is -2.86. The number of nitrogens with two attached hydrogens (primary N) is 4. The van der Waals surface area contributed by atoms with Gasteiger partial charge in [0.25, 0.3) is 0 Å². The molecule has 194 valence electrons. The fourth-order valence-electron chi connectivity index (χ4n) is 4.40. The summed E-state index contributed by atoms with van der Waals surface area (Å²) in [7, 11) is 0. The van der Waals surface area contributed by atoms with E-state index in [1.54, 1.807) is 0 Å². The highest BCUT2D eigenvalue weighted by Gasteiger charge is 2.51. The second-order valence-electron chi connectivity index (χ2n) is 8.79. The Bertz CT molecular complexity index is 584. The number of hydrogen-bond donors (Lipinski definition) is 11. The average Bonchev–Trinajstić information content (AvgIpc) is 2.79. The lowest BCUT2D eigenvalue weighted by molar-refractivity contribution is -0.332. The van der Waals surface area contributed by atoms with Gasteiger partial charge in [0.1, 0.15) is 61.0 Å². The molecule has 2 heterocycles. The van der Waals surface area contributed by atoms with E-state index in [1.807, 2.05) is 0 Å². The SMILES string of the molecule is NC[C@@H]1O[C@@H](O[C@H]2[C@H](O)[C@H](O[C@@H]3O[C@H](CO)[C@H](O)[C@H](N)[C@@H]3O)[C@@H](N)C[C@H]2N)[C@@H](O)[C@@H](O)[C@H]1O. The highest BCUT2D eigenvalue weighted by Crippen LogP contribution is 2.31. The molecule has 0 aromatic heterocycles. The third-order valence-electron chi connectivity index (χ3n) is 6.48. The predicted octanol–water partition coefficient (Wildman–Crippen LogP) is -7.29. The van der Waals surface area contributed by atoms with Gasteiger partial charge in [-0.3, -0.25) is 0 Å². The molecule has 15 N–H and O–H groups in total. The van der Waals surface area contributed by atoms with Crippen molar-refractivity contribution in [1.29, 1.82) is 0 Å². The molecule has 0 radical (unpaired) electrons. The van der Waals surface area contributed by atoms with Crippen molar-refractivity contribution in [3.63, 3.8) is 0 Å². The van der Waals surface area contributed by atoms with Gasteiger partial charge in [0.05, 0.1) is 12.6 Å². The summed E-state index contributed by atoms with van der Waals surface area (Å²) in [4.78, 5) is 0. The Morgan fingerprint density at radius 2 is 1.18 bits per heavy atom. The first-order chi connectivity index (χ1) is 15.5. The van der Waals surface area contributed by atoms with E-state index >= 15 is 0 Å². The molecule has 0 aromatic carbocycles. The quantitative estimate of drug-likeness (QED) is 0.167. The second kappa shape index (κ2) is 11.0. The molecule has 2 saturated heterocycles. The molecule has 1 aliphatic carbocycles.